The third-order valence-electron chi connectivity index (χ3n) is 9.48. The van der Waals surface area contributed by atoms with Gasteiger partial charge in [0.2, 0.25) is 0 Å². The molecule has 7 aromatic carbocycles. The lowest BCUT2D eigenvalue weighted by atomic mass is 9.79. The summed E-state index contributed by atoms with van der Waals surface area (Å²) in [5, 5.41) is 7.92. The minimum Gasteiger partial charge on any atom is -0.310 e. The van der Waals surface area contributed by atoms with Crippen LogP contribution in [0.2, 0.25) is 0 Å². The Labute approximate surface area is 247 Å². The highest BCUT2D eigenvalue weighted by Crippen LogP contribution is 2.55. The molecular formula is C41H33N. The molecule has 0 amide bonds. The summed E-state index contributed by atoms with van der Waals surface area (Å²) in [5.41, 5.74) is 11.6. The number of rotatable bonds is 3. The molecule has 8 rings (SSSR count). The summed E-state index contributed by atoms with van der Waals surface area (Å²) in [4.78, 5) is 2.38. The van der Waals surface area contributed by atoms with Crippen LogP contribution in [0.3, 0.4) is 0 Å². The summed E-state index contributed by atoms with van der Waals surface area (Å²) in [7, 11) is 0. The first kappa shape index (κ1) is 24.9. The first-order chi connectivity index (χ1) is 20.4. The van der Waals surface area contributed by atoms with Gasteiger partial charge in [-0.2, -0.15) is 0 Å². The molecule has 0 bridgehead atoms. The molecule has 1 aliphatic rings. The van der Waals surface area contributed by atoms with Crippen LogP contribution in [-0.2, 0) is 5.41 Å². The third kappa shape index (κ3) is 3.56. The van der Waals surface area contributed by atoms with E-state index in [4.69, 9.17) is 0 Å². The molecule has 7 aromatic rings. The Hall–Kier alpha value is -4.88. The van der Waals surface area contributed by atoms with Gasteiger partial charge in [0, 0.05) is 22.5 Å². The second kappa shape index (κ2) is 9.06. The van der Waals surface area contributed by atoms with E-state index >= 15 is 0 Å². The van der Waals surface area contributed by atoms with Crippen molar-refractivity contribution >= 4 is 49.4 Å². The topological polar surface area (TPSA) is 3.24 Å². The van der Waals surface area contributed by atoms with Gasteiger partial charge in [-0.1, -0.05) is 92.7 Å². The van der Waals surface area contributed by atoms with Crippen LogP contribution >= 0.6 is 0 Å². The van der Waals surface area contributed by atoms with E-state index in [1.165, 1.54) is 77.1 Å². The van der Waals surface area contributed by atoms with Crippen LogP contribution in [-0.4, -0.2) is 0 Å². The molecule has 0 saturated carbocycles. The molecule has 0 spiro atoms. The number of aryl methyl sites for hydroxylation is 2. The van der Waals surface area contributed by atoms with Crippen molar-refractivity contribution in [2.24, 2.45) is 0 Å². The molecule has 0 aromatic heterocycles. The Morgan fingerprint density at radius 2 is 1.10 bits per heavy atom. The van der Waals surface area contributed by atoms with Crippen LogP contribution in [0.25, 0.3) is 43.4 Å². The van der Waals surface area contributed by atoms with Crippen molar-refractivity contribution in [2.45, 2.75) is 33.1 Å². The molecule has 0 unspecified atom stereocenters. The molecule has 1 aliphatic carbocycles. The highest BCUT2D eigenvalue weighted by atomic mass is 15.1. The minimum atomic E-state index is -0.119. The number of hydrogen-bond donors (Lipinski definition) is 0. The fraction of sp³-hybridized carbons (Fsp3) is 0.122. The number of para-hydroxylation sites is 1. The van der Waals surface area contributed by atoms with Crippen molar-refractivity contribution in [3.05, 3.63) is 150 Å². The number of benzene rings is 7. The van der Waals surface area contributed by atoms with Gasteiger partial charge in [0.1, 0.15) is 0 Å². The lowest BCUT2D eigenvalue weighted by Crippen LogP contribution is -2.15. The normalized spacial score (nSPS) is 13.4. The zero-order valence-electron chi connectivity index (χ0n) is 24.6. The predicted molar refractivity (Wildman–Crippen MR) is 181 cm³/mol. The molecule has 0 N–H and O–H groups in total. The van der Waals surface area contributed by atoms with Crippen LogP contribution in [0.15, 0.2) is 127 Å². The molecule has 0 fully saturated rings. The van der Waals surface area contributed by atoms with Gasteiger partial charge in [0.05, 0.1) is 0 Å². The zero-order chi connectivity index (χ0) is 28.6. The van der Waals surface area contributed by atoms with E-state index in [0.717, 1.165) is 5.69 Å². The average molecular weight is 540 g/mol. The lowest BCUT2D eigenvalue weighted by molar-refractivity contribution is 0.667. The van der Waals surface area contributed by atoms with E-state index in [1.54, 1.807) is 0 Å². The quantitative estimate of drug-likeness (QED) is 0.202. The second-order valence-electron chi connectivity index (χ2n) is 12.3. The van der Waals surface area contributed by atoms with Gasteiger partial charge in [0.15, 0.2) is 0 Å². The summed E-state index contributed by atoms with van der Waals surface area (Å²) in [6.07, 6.45) is 0. The van der Waals surface area contributed by atoms with Crippen LogP contribution in [0.1, 0.15) is 36.1 Å². The molecule has 202 valence electrons. The SMILES string of the molecule is Cc1ccc(N(c2ccccc2)c2ccc3cc4c(cc3c2)C(C)(C)c2c-4c3ccccc3c3ccccc23)cc1C. The van der Waals surface area contributed by atoms with E-state index in [-0.39, 0.29) is 5.41 Å². The summed E-state index contributed by atoms with van der Waals surface area (Å²) < 4.78 is 0. The van der Waals surface area contributed by atoms with Crippen molar-refractivity contribution in [1.29, 1.82) is 0 Å². The first-order valence-corrected chi connectivity index (χ1v) is 14.9. The minimum absolute atomic E-state index is 0.119. The van der Waals surface area contributed by atoms with E-state index in [1.807, 2.05) is 0 Å². The maximum atomic E-state index is 2.46. The summed E-state index contributed by atoms with van der Waals surface area (Å²) in [6.45, 7) is 9.17. The van der Waals surface area contributed by atoms with E-state index in [2.05, 4.69) is 160 Å². The first-order valence-electron chi connectivity index (χ1n) is 14.9. The number of anilines is 3. The summed E-state index contributed by atoms with van der Waals surface area (Å²) >= 11 is 0. The maximum Gasteiger partial charge on any atom is 0.0468 e. The second-order valence-corrected chi connectivity index (χ2v) is 12.3. The summed E-state index contributed by atoms with van der Waals surface area (Å²) in [6, 6.07) is 47.2. The van der Waals surface area contributed by atoms with Crippen LogP contribution < -0.4 is 4.90 Å². The van der Waals surface area contributed by atoms with Crippen molar-refractivity contribution < 1.29 is 0 Å². The smallest absolute Gasteiger partial charge is 0.0468 e. The fourth-order valence-corrected chi connectivity index (χ4v) is 7.24. The Kier molecular flexibility index (Phi) is 5.37. The summed E-state index contributed by atoms with van der Waals surface area (Å²) in [5.74, 6) is 0. The Morgan fingerprint density at radius 1 is 0.476 bits per heavy atom. The van der Waals surface area contributed by atoms with Crippen LogP contribution in [0.5, 0.6) is 0 Å². The number of nitrogens with zero attached hydrogens (tertiary/aromatic N) is 1. The van der Waals surface area contributed by atoms with Gasteiger partial charge in [-0.25, -0.2) is 0 Å². The molecule has 0 radical (unpaired) electrons. The average Bonchev–Trinajstić information content (AvgIpc) is 3.25. The lowest BCUT2D eigenvalue weighted by Gasteiger charge is -2.27. The molecule has 1 nitrogen and oxygen atoms in total. The molecule has 0 aliphatic heterocycles. The van der Waals surface area contributed by atoms with Crippen molar-refractivity contribution in [3.8, 4) is 11.1 Å². The third-order valence-corrected chi connectivity index (χ3v) is 9.48. The molecule has 1 heteroatoms. The molecule has 0 heterocycles. The van der Waals surface area contributed by atoms with E-state index in [0.29, 0.717) is 0 Å². The largest absolute Gasteiger partial charge is 0.310 e. The van der Waals surface area contributed by atoms with Gasteiger partial charge in [-0.3, -0.25) is 0 Å². The van der Waals surface area contributed by atoms with Gasteiger partial charge < -0.3 is 4.90 Å². The van der Waals surface area contributed by atoms with Crippen molar-refractivity contribution in [1.82, 2.24) is 0 Å². The molecule has 0 atom stereocenters. The maximum absolute atomic E-state index is 2.46. The number of fused-ring (bicyclic) bond motifs is 9. The molecule has 0 saturated heterocycles. The highest BCUT2D eigenvalue weighted by molar-refractivity contribution is 6.19. The zero-order valence-corrected chi connectivity index (χ0v) is 24.6. The van der Waals surface area contributed by atoms with Crippen molar-refractivity contribution in [2.75, 3.05) is 4.90 Å². The Balaban J connectivity index is 1.37. The van der Waals surface area contributed by atoms with Gasteiger partial charge in [-0.05, 0) is 128 Å². The fourth-order valence-electron chi connectivity index (χ4n) is 7.24. The monoisotopic (exact) mass is 539 g/mol. The number of hydrogen-bond acceptors (Lipinski definition) is 1. The Bertz CT molecular complexity index is 2190. The Morgan fingerprint density at radius 3 is 1.83 bits per heavy atom. The van der Waals surface area contributed by atoms with Gasteiger partial charge >= 0.3 is 0 Å². The predicted octanol–water partition coefficient (Wildman–Crippen LogP) is 11.5. The molecular weight excluding hydrogens is 506 g/mol. The van der Waals surface area contributed by atoms with Crippen LogP contribution in [0, 0.1) is 13.8 Å². The molecule has 42 heavy (non-hydrogen) atoms. The van der Waals surface area contributed by atoms with Gasteiger partial charge in [0.25, 0.3) is 0 Å². The van der Waals surface area contributed by atoms with Crippen molar-refractivity contribution in [3.63, 3.8) is 0 Å². The van der Waals surface area contributed by atoms with E-state index < -0.39 is 0 Å². The van der Waals surface area contributed by atoms with Crippen LogP contribution in [0.4, 0.5) is 17.1 Å². The van der Waals surface area contributed by atoms with Gasteiger partial charge in [-0.15, -0.1) is 0 Å². The highest BCUT2D eigenvalue weighted by Gasteiger charge is 2.38. The van der Waals surface area contributed by atoms with E-state index in [9.17, 15) is 0 Å². The standard InChI is InChI=1S/C41H33N/c1-26-18-20-31(22-27(26)2)42(30-12-6-5-7-13-30)32-21-19-28-24-37-38(25-29(28)23-32)41(3,4)40-36-17-11-9-15-34(36)33-14-8-10-16-35(33)39(37)40/h5-25H,1-4H3.